The lowest BCUT2D eigenvalue weighted by Gasteiger charge is -2.06. The van der Waals surface area contributed by atoms with Gasteiger partial charge in [0.05, 0.1) is 17.7 Å². The Labute approximate surface area is 103 Å². The molecule has 0 atom stereocenters. The van der Waals surface area contributed by atoms with E-state index in [1.165, 1.54) is 11.3 Å². The van der Waals surface area contributed by atoms with Crippen LogP contribution in [0.3, 0.4) is 0 Å². The molecule has 2 amide bonds. The number of nitrogens with two attached hydrogens (primary N) is 1. The Kier molecular flexibility index (Phi) is 3.56. The first-order valence-electron chi connectivity index (χ1n) is 5.01. The summed E-state index contributed by atoms with van der Waals surface area (Å²) < 4.78 is 0. The number of rotatable bonds is 3. The van der Waals surface area contributed by atoms with Gasteiger partial charge in [-0.2, -0.15) is 0 Å². The van der Waals surface area contributed by atoms with E-state index in [4.69, 9.17) is 5.73 Å². The van der Waals surface area contributed by atoms with Crippen molar-refractivity contribution in [2.45, 2.75) is 6.54 Å². The third-order valence-electron chi connectivity index (χ3n) is 2.06. The highest BCUT2D eigenvalue weighted by atomic mass is 32.1. The summed E-state index contributed by atoms with van der Waals surface area (Å²) in [7, 11) is 0. The van der Waals surface area contributed by atoms with Gasteiger partial charge in [-0.25, -0.2) is 9.78 Å². The van der Waals surface area contributed by atoms with Crippen LogP contribution in [-0.4, -0.2) is 11.0 Å². The maximum atomic E-state index is 11.5. The summed E-state index contributed by atoms with van der Waals surface area (Å²) in [6, 6.07) is 6.74. The first kappa shape index (κ1) is 11.4. The average Bonchev–Trinajstić information content (AvgIpc) is 2.79. The molecule has 5 nitrogen and oxygen atoms in total. The van der Waals surface area contributed by atoms with Crippen molar-refractivity contribution in [2.75, 3.05) is 11.1 Å². The zero-order chi connectivity index (χ0) is 12.1. The minimum Gasteiger partial charge on any atom is -0.399 e. The van der Waals surface area contributed by atoms with Crippen LogP contribution in [0, 0.1) is 0 Å². The lowest BCUT2D eigenvalue weighted by atomic mass is 10.3. The minimum atomic E-state index is -0.274. The van der Waals surface area contributed by atoms with Crippen molar-refractivity contribution in [1.29, 1.82) is 0 Å². The van der Waals surface area contributed by atoms with E-state index in [9.17, 15) is 4.79 Å². The number of nitrogens with zero attached hydrogens (tertiary/aromatic N) is 1. The quantitative estimate of drug-likeness (QED) is 0.727. The fraction of sp³-hybridized carbons (Fsp3) is 0.0909. The molecule has 4 N–H and O–H groups in total. The summed E-state index contributed by atoms with van der Waals surface area (Å²) in [6.07, 6.45) is 0. The number of nitrogens with one attached hydrogen (secondary N) is 2. The van der Waals surface area contributed by atoms with Gasteiger partial charge in [0, 0.05) is 16.8 Å². The van der Waals surface area contributed by atoms with Gasteiger partial charge >= 0.3 is 6.03 Å². The molecule has 1 aromatic carbocycles. The monoisotopic (exact) mass is 248 g/mol. The van der Waals surface area contributed by atoms with Crippen LogP contribution < -0.4 is 16.4 Å². The molecule has 0 bridgehead atoms. The Hall–Kier alpha value is -2.08. The van der Waals surface area contributed by atoms with Gasteiger partial charge in [-0.05, 0) is 18.2 Å². The zero-order valence-electron chi connectivity index (χ0n) is 9.01. The third-order valence-corrected chi connectivity index (χ3v) is 2.69. The summed E-state index contributed by atoms with van der Waals surface area (Å²) in [5.74, 6) is 0. The molecule has 0 unspecified atom stereocenters. The Bertz CT molecular complexity index is 498. The average molecular weight is 248 g/mol. The number of nitrogen functional groups attached to an aromatic ring is 1. The van der Waals surface area contributed by atoms with Crippen molar-refractivity contribution in [1.82, 2.24) is 10.3 Å². The van der Waals surface area contributed by atoms with Crippen LogP contribution in [0.2, 0.25) is 0 Å². The maximum Gasteiger partial charge on any atom is 0.319 e. The first-order chi connectivity index (χ1) is 8.24. The van der Waals surface area contributed by atoms with Crippen LogP contribution in [0.25, 0.3) is 0 Å². The van der Waals surface area contributed by atoms with Gasteiger partial charge in [0.1, 0.15) is 0 Å². The molecule has 0 radical (unpaired) electrons. The molecule has 0 aliphatic rings. The maximum absolute atomic E-state index is 11.5. The number of anilines is 2. The highest BCUT2D eigenvalue weighted by Crippen LogP contribution is 2.11. The number of carbonyl (C=O) groups is 1. The number of carbonyl (C=O) groups excluding carboxylic acids is 1. The van der Waals surface area contributed by atoms with Crippen molar-refractivity contribution < 1.29 is 4.79 Å². The third kappa shape index (κ3) is 3.46. The van der Waals surface area contributed by atoms with E-state index < -0.39 is 0 Å². The van der Waals surface area contributed by atoms with Crippen molar-refractivity contribution >= 4 is 28.7 Å². The fourth-order valence-corrected chi connectivity index (χ4v) is 1.85. The number of aromatic nitrogens is 1. The number of thiazole rings is 1. The highest BCUT2D eigenvalue weighted by Gasteiger charge is 2.02. The van der Waals surface area contributed by atoms with Crippen LogP contribution in [0.5, 0.6) is 0 Å². The van der Waals surface area contributed by atoms with Gasteiger partial charge < -0.3 is 16.4 Å². The van der Waals surface area contributed by atoms with E-state index in [2.05, 4.69) is 15.6 Å². The van der Waals surface area contributed by atoms with Crippen LogP contribution in [0.4, 0.5) is 16.2 Å². The van der Waals surface area contributed by atoms with Gasteiger partial charge in [0.2, 0.25) is 0 Å². The molecule has 88 valence electrons. The molecule has 2 aromatic rings. The van der Waals surface area contributed by atoms with Gasteiger partial charge in [0.25, 0.3) is 0 Å². The molecule has 0 saturated carbocycles. The predicted octanol–water partition coefficient (Wildman–Crippen LogP) is 2.05. The molecule has 0 saturated heterocycles. The highest BCUT2D eigenvalue weighted by molar-refractivity contribution is 7.07. The smallest absolute Gasteiger partial charge is 0.319 e. The fourth-order valence-electron chi connectivity index (χ4n) is 1.29. The van der Waals surface area contributed by atoms with Gasteiger partial charge in [0.15, 0.2) is 0 Å². The summed E-state index contributed by atoms with van der Waals surface area (Å²) in [6.45, 7) is 0.414. The van der Waals surface area contributed by atoms with Crippen molar-refractivity contribution in [3.05, 3.63) is 40.8 Å². The number of hydrogen-bond donors (Lipinski definition) is 3. The summed E-state index contributed by atoms with van der Waals surface area (Å²) >= 11 is 1.50. The lowest BCUT2D eigenvalue weighted by molar-refractivity contribution is 0.251. The Morgan fingerprint density at radius 3 is 3.06 bits per heavy atom. The van der Waals surface area contributed by atoms with E-state index in [-0.39, 0.29) is 6.03 Å². The Balaban J connectivity index is 1.85. The normalized spacial score (nSPS) is 9.88. The number of hydrogen-bond acceptors (Lipinski definition) is 4. The Morgan fingerprint density at radius 1 is 1.47 bits per heavy atom. The van der Waals surface area contributed by atoms with E-state index in [1.54, 1.807) is 29.8 Å². The molecule has 1 aromatic heterocycles. The second-order valence-corrected chi connectivity index (χ2v) is 4.13. The van der Waals surface area contributed by atoms with E-state index in [0.717, 1.165) is 5.69 Å². The Morgan fingerprint density at radius 2 is 2.35 bits per heavy atom. The molecule has 2 rings (SSSR count). The number of amides is 2. The SMILES string of the molecule is Nc1cccc(NC(=O)NCc2cscn2)c1. The molecule has 1 heterocycles. The molecule has 17 heavy (non-hydrogen) atoms. The molecule has 0 fully saturated rings. The van der Waals surface area contributed by atoms with Crippen LogP contribution in [0.15, 0.2) is 35.2 Å². The largest absolute Gasteiger partial charge is 0.399 e. The van der Waals surface area contributed by atoms with Gasteiger partial charge in [-0.15, -0.1) is 11.3 Å². The second-order valence-electron chi connectivity index (χ2n) is 3.41. The second kappa shape index (κ2) is 5.31. The number of urea groups is 1. The molecule has 0 spiro atoms. The molecular weight excluding hydrogens is 236 g/mol. The van der Waals surface area contributed by atoms with Gasteiger partial charge in [-0.3, -0.25) is 0 Å². The van der Waals surface area contributed by atoms with Crippen LogP contribution >= 0.6 is 11.3 Å². The molecule has 6 heteroatoms. The summed E-state index contributed by atoms with van der Waals surface area (Å²) in [5, 5.41) is 7.29. The van der Waals surface area contributed by atoms with E-state index in [0.29, 0.717) is 17.9 Å². The molecule has 0 aliphatic heterocycles. The van der Waals surface area contributed by atoms with Gasteiger partial charge in [-0.1, -0.05) is 6.07 Å². The molecule has 0 aliphatic carbocycles. The van der Waals surface area contributed by atoms with E-state index >= 15 is 0 Å². The number of benzene rings is 1. The summed E-state index contributed by atoms with van der Waals surface area (Å²) in [4.78, 5) is 15.6. The topological polar surface area (TPSA) is 80.0 Å². The molecular formula is C11H12N4OS. The minimum absolute atomic E-state index is 0.274. The first-order valence-corrected chi connectivity index (χ1v) is 5.96. The van der Waals surface area contributed by atoms with Crippen LogP contribution in [-0.2, 0) is 6.54 Å². The van der Waals surface area contributed by atoms with Crippen molar-refractivity contribution in [3.8, 4) is 0 Å². The van der Waals surface area contributed by atoms with E-state index in [1.807, 2.05) is 5.38 Å². The van der Waals surface area contributed by atoms with Crippen molar-refractivity contribution in [3.63, 3.8) is 0 Å². The standard InChI is InChI=1S/C11H12N4OS/c12-8-2-1-3-9(4-8)15-11(16)13-5-10-6-17-7-14-10/h1-4,6-7H,5,12H2,(H2,13,15,16). The van der Waals surface area contributed by atoms with Crippen molar-refractivity contribution in [2.24, 2.45) is 0 Å². The predicted molar refractivity (Wildman–Crippen MR) is 68.8 cm³/mol. The lowest BCUT2D eigenvalue weighted by Crippen LogP contribution is -2.28. The zero-order valence-corrected chi connectivity index (χ0v) is 9.83. The summed E-state index contributed by atoms with van der Waals surface area (Å²) in [5.41, 5.74) is 9.46. The van der Waals surface area contributed by atoms with Crippen LogP contribution in [0.1, 0.15) is 5.69 Å².